The molecule has 1 aliphatic rings. The molecule has 1 saturated heterocycles. The van der Waals surface area contributed by atoms with Gasteiger partial charge in [-0.1, -0.05) is 17.7 Å². The average Bonchev–Trinajstić information content (AvgIpc) is 3.05. The smallest absolute Gasteiger partial charge is 0.256 e. The van der Waals surface area contributed by atoms with Crippen molar-refractivity contribution in [3.8, 4) is 0 Å². The number of carbonyl (C=O) groups excluding carboxylic acids is 3. The van der Waals surface area contributed by atoms with Crippen LogP contribution in [0.1, 0.15) is 29.5 Å². The Hall–Kier alpha value is -1.59. The first-order chi connectivity index (χ1) is 11.8. The lowest BCUT2D eigenvalue weighted by Crippen LogP contribution is -2.51. The molecular weight excluding hydrogens is 363 g/mol. The largest absolute Gasteiger partial charge is 0.330 e. The molecule has 1 fully saturated rings. The normalized spacial score (nSPS) is 16.8. The first-order valence-corrected chi connectivity index (χ1v) is 9.24. The molecule has 0 aliphatic carbocycles. The number of imide groups is 1. The van der Waals surface area contributed by atoms with Gasteiger partial charge in [0, 0.05) is 6.54 Å². The van der Waals surface area contributed by atoms with E-state index in [-0.39, 0.29) is 17.7 Å². The SMILES string of the molecule is Cc1cc(C)c(N(C(=O)CCl)C(=O)C2CCCN2C(=O)CCl)c(C)c1. The highest BCUT2D eigenvalue weighted by atomic mass is 35.5. The van der Waals surface area contributed by atoms with E-state index in [0.29, 0.717) is 25.1 Å². The lowest BCUT2D eigenvalue weighted by Gasteiger charge is -2.30. The van der Waals surface area contributed by atoms with Gasteiger partial charge in [0.1, 0.15) is 17.8 Å². The topological polar surface area (TPSA) is 57.7 Å². The monoisotopic (exact) mass is 384 g/mol. The van der Waals surface area contributed by atoms with E-state index in [1.807, 2.05) is 32.9 Å². The van der Waals surface area contributed by atoms with Crippen molar-refractivity contribution >= 4 is 46.6 Å². The standard InChI is InChI=1S/C18H22Cl2N2O3/c1-11-7-12(2)17(13(3)8-11)22(16(24)10-20)18(25)14-5-4-6-21(14)15(23)9-19/h7-8,14H,4-6,9-10H2,1-3H3. The van der Waals surface area contributed by atoms with Gasteiger partial charge in [-0.25, -0.2) is 4.90 Å². The fourth-order valence-electron chi connectivity index (χ4n) is 3.49. The number of carbonyl (C=O) groups is 3. The van der Waals surface area contributed by atoms with Gasteiger partial charge in [-0.2, -0.15) is 0 Å². The average molecular weight is 385 g/mol. The molecule has 3 amide bonds. The fourth-order valence-corrected chi connectivity index (χ4v) is 3.76. The predicted molar refractivity (Wildman–Crippen MR) is 99.3 cm³/mol. The number of hydrogen-bond acceptors (Lipinski definition) is 3. The van der Waals surface area contributed by atoms with Gasteiger partial charge in [-0.15, -0.1) is 23.2 Å². The highest BCUT2D eigenvalue weighted by Gasteiger charge is 2.39. The number of rotatable bonds is 4. The minimum Gasteiger partial charge on any atom is -0.330 e. The van der Waals surface area contributed by atoms with Crippen molar-refractivity contribution in [3.63, 3.8) is 0 Å². The highest BCUT2D eigenvalue weighted by Crippen LogP contribution is 2.30. The molecule has 0 spiro atoms. The second-order valence-corrected chi connectivity index (χ2v) is 6.86. The molecule has 1 atom stereocenters. The summed E-state index contributed by atoms with van der Waals surface area (Å²) < 4.78 is 0. The highest BCUT2D eigenvalue weighted by molar-refractivity contribution is 6.33. The van der Waals surface area contributed by atoms with Crippen molar-refractivity contribution in [2.24, 2.45) is 0 Å². The molecule has 1 aromatic carbocycles. The van der Waals surface area contributed by atoms with E-state index < -0.39 is 17.9 Å². The second kappa shape index (κ2) is 8.19. The molecule has 7 heteroatoms. The van der Waals surface area contributed by atoms with Crippen LogP contribution in [0.15, 0.2) is 12.1 Å². The van der Waals surface area contributed by atoms with Crippen LogP contribution >= 0.6 is 23.2 Å². The van der Waals surface area contributed by atoms with Crippen LogP contribution < -0.4 is 4.90 Å². The van der Waals surface area contributed by atoms with Gasteiger partial charge >= 0.3 is 0 Å². The van der Waals surface area contributed by atoms with Gasteiger partial charge in [0.25, 0.3) is 5.91 Å². The molecule has 1 aliphatic heterocycles. The Morgan fingerprint density at radius 3 is 2.24 bits per heavy atom. The van der Waals surface area contributed by atoms with Crippen LogP contribution in [0.5, 0.6) is 0 Å². The van der Waals surface area contributed by atoms with Crippen LogP contribution in [0.2, 0.25) is 0 Å². The Morgan fingerprint density at radius 1 is 1.12 bits per heavy atom. The van der Waals surface area contributed by atoms with Crippen LogP contribution in [0.3, 0.4) is 0 Å². The summed E-state index contributed by atoms with van der Waals surface area (Å²) in [6, 6.07) is 3.15. The minimum atomic E-state index is -0.682. The lowest BCUT2D eigenvalue weighted by molar-refractivity contribution is -0.137. The molecule has 5 nitrogen and oxygen atoms in total. The van der Waals surface area contributed by atoms with Crippen molar-refractivity contribution in [1.82, 2.24) is 4.90 Å². The fraction of sp³-hybridized carbons (Fsp3) is 0.500. The summed E-state index contributed by atoms with van der Waals surface area (Å²) in [7, 11) is 0. The lowest BCUT2D eigenvalue weighted by atomic mass is 10.0. The summed E-state index contributed by atoms with van der Waals surface area (Å²) in [6.07, 6.45) is 1.21. The maximum Gasteiger partial charge on any atom is 0.256 e. The number of hydrogen-bond donors (Lipinski definition) is 0. The Kier molecular flexibility index (Phi) is 6.47. The number of likely N-dealkylation sites (tertiary alicyclic amines) is 1. The van der Waals surface area contributed by atoms with Crippen molar-refractivity contribution in [2.45, 2.75) is 39.7 Å². The van der Waals surface area contributed by atoms with Gasteiger partial charge in [-0.05, 0) is 44.7 Å². The Bertz CT molecular complexity index is 683. The second-order valence-electron chi connectivity index (χ2n) is 6.33. The zero-order valence-corrected chi connectivity index (χ0v) is 16.2. The van der Waals surface area contributed by atoms with E-state index in [4.69, 9.17) is 23.2 Å². The van der Waals surface area contributed by atoms with Crippen molar-refractivity contribution < 1.29 is 14.4 Å². The summed E-state index contributed by atoms with van der Waals surface area (Å²) in [5.74, 6) is -1.71. The maximum atomic E-state index is 13.2. The Balaban J connectivity index is 2.47. The minimum absolute atomic E-state index is 0.185. The van der Waals surface area contributed by atoms with Crippen molar-refractivity contribution in [2.75, 3.05) is 23.2 Å². The molecule has 2 rings (SSSR count). The van der Waals surface area contributed by atoms with Crippen molar-refractivity contribution in [3.05, 3.63) is 28.8 Å². The molecule has 1 unspecified atom stereocenters. The van der Waals surface area contributed by atoms with Gasteiger partial charge in [0.15, 0.2) is 0 Å². The molecule has 1 heterocycles. The zero-order chi connectivity index (χ0) is 18.7. The number of benzene rings is 1. The molecule has 0 radical (unpaired) electrons. The molecule has 25 heavy (non-hydrogen) atoms. The molecule has 1 aromatic rings. The number of nitrogens with zero attached hydrogens (tertiary/aromatic N) is 2. The van der Waals surface area contributed by atoms with Crippen LogP contribution in [-0.4, -0.2) is 47.0 Å². The summed E-state index contributed by atoms with van der Waals surface area (Å²) in [5, 5.41) is 0. The third kappa shape index (κ3) is 3.98. The third-order valence-corrected chi connectivity index (χ3v) is 4.87. The first kappa shape index (κ1) is 19.7. The number of anilines is 1. The van der Waals surface area contributed by atoms with E-state index in [9.17, 15) is 14.4 Å². The van der Waals surface area contributed by atoms with E-state index in [1.165, 1.54) is 4.90 Å². The Labute approximate surface area is 157 Å². The predicted octanol–water partition coefficient (Wildman–Crippen LogP) is 2.94. The van der Waals surface area contributed by atoms with E-state index >= 15 is 0 Å². The zero-order valence-electron chi connectivity index (χ0n) is 14.6. The van der Waals surface area contributed by atoms with Crippen LogP contribution in [0.25, 0.3) is 0 Å². The van der Waals surface area contributed by atoms with E-state index in [1.54, 1.807) is 0 Å². The molecule has 136 valence electrons. The van der Waals surface area contributed by atoms with Gasteiger partial charge in [-0.3, -0.25) is 14.4 Å². The molecular formula is C18H22Cl2N2O3. The summed E-state index contributed by atoms with van der Waals surface area (Å²) in [6.45, 7) is 6.13. The quantitative estimate of drug-likeness (QED) is 0.749. The van der Waals surface area contributed by atoms with Gasteiger partial charge in [0.2, 0.25) is 11.8 Å². The number of alkyl halides is 2. The first-order valence-electron chi connectivity index (χ1n) is 8.17. The number of amides is 3. The van der Waals surface area contributed by atoms with E-state index in [0.717, 1.165) is 21.6 Å². The van der Waals surface area contributed by atoms with E-state index in [2.05, 4.69) is 0 Å². The maximum absolute atomic E-state index is 13.2. The number of halogens is 2. The molecule has 0 N–H and O–H groups in total. The van der Waals surface area contributed by atoms with Gasteiger partial charge in [0.05, 0.1) is 5.69 Å². The van der Waals surface area contributed by atoms with Gasteiger partial charge < -0.3 is 4.90 Å². The number of aryl methyl sites for hydroxylation is 3. The molecule has 0 aromatic heterocycles. The Morgan fingerprint density at radius 2 is 1.72 bits per heavy atom. The summed E-state index contributed by atoms with van der Waals surface area (Å²) >= 11 is 11.4. The van der Waals surface area contributed by atoms with Crippen LogP contribution in [0, 0.1) is 20.8 Å². The summed E-state index contributed by atoms with van der Waals surface area (Å²) in [4.78, 5) is 40.3. The summed E-state index contributed by atoms with van der Waals surface area (Å²) in [5.41, 5.74) is 3.23. The third-order valence-electron chi connectivity index (χ3n) is 4.42. The van der Waals surface area contributed by atoms with Crippen LogP contribution in [0.4, 0.5) is 5.69 Å². The van der Waals surface area contributed by atoms with Crippen LogP contribution in [-0.2, 0) is 14.4 Å². The van der Waals surface area contributed by atoms with Crippen molar-refractivity contribution in [1.29, 1.82) is 0 Å². The molecule has 0 bridgehead atoms. The molecule has 0 saturated carbocycles.